The van der Waals surface area contributed by atoms with Crippen molar-refractivity contribution in [1.29, 1.82) is 0 Å². The van der Waals surface area contributed by atoms with Crippen LogP contribution in [0.1, 0.15) is 32.4 Å². The van der Waals surface area contributed by atoms with E-state index in [1.54, 1.807) is 54.6 Å². The lowest BCUT2D eigenvalue weighted by Crippen LogP contribution is -2.20. The van der Waals surface area contributed by atoms with Crippen molar-refractivity contribution in [3.8, 4) is 11.3 Å². The van der Waals surface area contributed by atoms with Crippen LogP contribution >= 0.6 is 11.6 Å². The van der Waals surface area contributed by atoms with Gasteiger partial charge in [-0.25, -0.2) is 9.78 Å². The first-order chi connectivity index (χ1) is 17.1. The van der Waals surface area contributed by atoms with Gasteiger partial charge in [0, 0.05) is 27.1 Å². The number of ketones is 1. The number of halogens is 1. The highest BCUT2D eigenvalue weighted by molar-refractivity contribution is 6.30. The summed E-state index contributed by atoms with van der Waals surface area (Å²) in [6.07, 6.45) is -1.09. The highest BCUT2D eigenvalue weighted by Crippen LogP contribution is 2.29. The van der Waals surface area contributed by atoms with E-state index < -0.39 is 12.1 Å². The Labute approximate surface area is 207 Å². The first-order valence-corrected chi connectivity index (χ1v) is 11.5. The van der Waals surface area contributed by atoms with E-state index in [0.717, 1.165) is 5.56 Å². The van der Waals surface area contributed by atoms with E-state index in [0.29, 0.717) is 38.3 Å². The average molecular weight is 478 g/mol. The molecule has 5 aromatic rings. The molecule has 5 rings (SSSR count). The molecule has 4 nitrogen and oxygen atoms in total. The molecule has 170 valence electrons. The van der Waals surface area contributed by atoms with Crippen LogP contribution in [-0.2, 0) is 4.74 Å². The Morgan fingerprint density at radius 1 is 0.743 bits per heavy atom. The molecule has 0 spiro atoms. The fourth-order valence-electron chi connectivity index (χ4n) is 3.94. The summed E-state index contributed by atoms with van der Waals surface area (Å²) in [6, 6.07) is 34.2. The Kier molecular flexibility index (Phi) is 6.38. The van der Waals surface area contributed by atoms with E-state index in [9.17, 15) is 9.59 Å². The van der Waals surface area contributed by atoms with Crippen LogP contribution in [0.15, 0.2) is 115 Å². The number of rotatable bonds is 6. The number of para-hydroxylation sites is 1. The van der Waals surface area contributed by atoms with Crippen LogP contribution in [0.2, 0.25) is 5.02 Å². The number of esters is 1. The monoisotopic (exact) mass is 477 g/mol. The van der Waals surface area contributed by atoms with E-state index >= 15 is 0 Å². The second-order valence-corrected chi connectivity index (χ2v) is 8.44. The molecule has 0 N–H and O–H groups in total. The number of aromatic nitrogens is 1. The van der Waals surface area contributed by atoms with Gasteiger partial charge in [0.2, 0.25) is 5.78 Å². The number of carbonyl (C=O) groups is 2. The molecule has 1 atom stereocenters. The Morgan fingerprint density at radius 2 is 1.37 bits per heavy atom. The molecule has 5 heteroatoms. The second kappa shape index (κ2) is 9.92. The molecule has 4 aromatic carbocycles. The Morgan fingerprint density at radius 3 is 2.09 bits per heavy atom. The summed E-state index contributed by atoms with van der Waals surface area (Å²) in [5.41, 5.74) is 3.48. The van der Waals surface area contributed by atoms with Gasteiger partial charge < -0.3 is 4.74 Å². The van der Waals surface area contributed by atoms with Crippen LogP contribution in [0.3, 0.4) is 0 Å². The minimum absolute atomic E-state index is 0.290. The van der Waals surface area contributed by atoms with Gasteiger partial charge in [-0.05, 0) is 24.3 Å². The summed E-state index contributed by atoms with van der Waals surface area (Å²) in [4.78, 5) is 31.7. The number of carbonyl (C=O) groups excluding carboxylic acids is 2. The molecular weight excluding hydrogens is 458 g/mol. The van der Waals surface area contributed by atoms with Crippen LogP contribution in [-0.4, -0.2) is 16.7 Å². The number of ether oxygens (including phenoxy) is 1. The Bertz CT molecular complexity index is 1500. The van der Waals surface area contributed by atoms with Crippen molar-refractivity contribution in [3.63, 3.8) is 0 Å². The van der Waals surface area contributed by atoms with Crippen molar-refractivity contribution < 1.29 is 14.3 Å². The lowest BCUT2D eigenvalue weighted by atomic mass is 9.99. The summed E-state index contributed by atoms with van der Waals surface area (Å²) in [5, 5.41) is 1.26. The molecule has 0 aliphatic carbocycles. The normalized spacial score (nSPS) is 11.7. The number of hydrogen-bond acceptors (Lipinski definition) is 4. The van der Waals surface area contributed by atoms with E-state index in [-0.39, 0.29) is 5.78 Å². The minimum atomic E-state index is -1.09. The molecule has 0 saturated carbocycles. The predicted octanol–water partition coefficient (Wildman–Crippen LogP) is 7.34. The van der Waals surface area contributed by atoms with Crippen LogP contribution in [0.4, 0.5) is 0 Å². The molecule has 35 heavy (non-hydrogen) atoms. The molecule has 0 fully saturated rings. The fourth-order valence-corrected chi connectivity index (χ4v) is 4.06. The molecule has 0 amide bonds. The van der Waals surface area contributed by atoms with E-state index in [1.165, 1.54) is 0 Å². The van der Waals surface area contributed by atoms with Crippen LogP contribution in [0, 0.1) is 0 Å². The molecule has 0 saturated heterocycles. The van der Waals surface area contributed by atoms with Crippen molar-refractivity contribution in [2.24, 2.45) is 0 Å². The SMILES string of the molecule is O=C(OC(C(=O)c1ccccc1)c1ccccc1)c1cc(-c2ccc(Cl)cc2)nc2ccccc12. The molecule has 1 unspecified atom stereocenters. The zero-order chi connectivity index (χ0) is 24.2. The number of fused-ring (bicyclic) bond motifs is 1. The van der Waals surface area contributed by atoms with Crippen LogP contribution < -0.4 is 0 Å². The standard InChI is InChI=1S/C30H20ClNO3/c31-23-17-15-20(16-18-23)27-19-25(24-13-7-8-14-26(24)32-27)30(34)35-29(22-11-5-2-6-12-22)28(33)21-9-3-1-4-10-21/h1-19,29H. The summed E-state index contributed by atoms with van der Waals surface area (Å²) in [5.74, 6) is -0.890. The second-order valence-electron chi connectivity index (χ2n) is 8.01. The number of benzene rings is 4. The molecule has 1 aromatic heterocycles. The molecular formula is C30H20ClNO3. The number of pyridine rings is 1. The lowest BCUT2D eigenvalue weighted by Gasteiger charge is -2.18. The van der Waals surface area contributed by atoms with Crippen molar-refractivity contribution >= 4 is 34.3 Å². The topological polar surface area (TPSA) is 56.3 Å². The van der Waals surface area contributed by atoms with Gasteiger partial charge in [-0.2, -0.15) is 0 Å². The predicted molar refractivity (Wildman–Crippen MR) is 138 cm³/mol. The maximum atomic E-state index is 13.6. The minimum Gasteiger partial charge on any atom is -0.445 e. The number of nitrogens with zero attached hydrogens (tertiary/aromatic N) is 1. The van der Waals surface area contributed by atoms with Gasteiger partial charge >= 0.3 is 5.97 Å². The Hall–Kier alpha value is -4.28. The van der Waals surface area contributed by atoms with Crippen molar-refractivity contribution in [2.45, 2.75) is 6.10 Å². The largest absolute Gasteiger partial charge is 0.445 e. The summed E-state index contributed by atoms with van der Waals surface area (Å²) in [7, 11) is 0. The van der Waals surface area contributed by atoms with Crippen molar-refractivity contribution in [2.75, 3.05) is 0 Å². The maximum absolute atomic E-state index is 13.6. The first kappa shape index (κ1) is 22.5. The fraction of sp³-hybridized carbons (Fsp3) is 0.0333. The van der Waals surface area contributed by atoms with E-state index in [1.807, 2.05) is 60.7 Å². The Balaban J connectivity index is 1.57. The van der Waals surface area contributed by atoms with E-state index in [4.69, 9.17) is 21.3 Å². The smallest absolute Gasteiger partial charge is 0.339 e. The molecule has 0 bridgehead atoms. The van der Waals surface area contributed by atoms with E-state index in [2.05, 4.69) is 0 Å². The molecule has 0 radical (unpaired) electrons. The summed E-state index contributed by atoms with van der Waals surface area (Å²) in [6.45, 7) is 0. The zero-order valence-corrected chi connectivity index (χ0v) is 19.4. The van der Waals surface area contributed by atoms with Crippen LogP contribution in [0.5, 0.6) is 0 Å². The highest BCUT2D eigenvalue weighted by Gasteiger charge is 2.27. The quantitative estimate of drug-likeness (QED) is 0.190. The third-order valence-electron chi connectivity index (χ3n) is 5.70. The lowest BCUT2D eigenvalue weighted by molar-refractivity contribution is 0.0282. The van der Waals surface area contributed by atoms with Gasteiger partial charge in [-0.1, -0.05) is 103 Å². The highest BCUT2D eigenvalue weighted by atomic mass is 35.5. The van der Waals surface area contributed by atoms with Gasteiger partial charge in [0.1, 0.15) is 0 Å². The molecule has 1 heterocycles. The van der Waals surface area contributed by atoms with Gasteiger partial charge in [0.15, 0.2) is 6.10 Å². The summed E-state index contributed by atoms with van der Waals surface area (Å²) < 4.78 is 5.92. The third kappa shape index (κ3) is 4.84. The van der Waals surface area contributed by atoms with Gasteiger partial charge in [0.05, 0.1) is 16.8 Å². The van der Waals surface area contributed by atoms with Crippen LogP contribution in [0.25, 0.3) is 22.2 Å². The van der Waals surface area contributed by atoms with Gasteiger partial charge in [0.25, 0.3) is 0 Å². The third-order valence-corrected chi connectivity index (χ3v) is 5.95. The van der Waals surface area contributed by atoms with Crippen molar-refractivity contribution in [3.05, 3.63) is 137 Å². The molecule has 0 aliphatic rings. The number of hydrogen-bond donors (Lipinski definition) is 0. The van der Waals surface area contributed by atoms with Gasteiger partial charge in [-0.3, -0.25) is 4.79 Å². The number of Topliss-reactive ketones (excluding diaryl/α,β-unsaturated/α-hetero) is 1. The summed E-state index contributed by atoms with van der Waals surface area (Å²) >= 11 is 6.05. The molecule has 0 aliphatic heterocycles. The van der Waals surface area contributed by atoms with Crippen molar-refractivity contribution in [1.82, 2.24) is 4.98 Å². The van der Waals surface area contributed by atoms with Gasteiger partial charge in [-0.15, -0.1) is 0 Å². The maximum Gasteiger partial charge on any atom is 0.339 e. The zero-order valence-electron chi connectivity index (χ0n) is 18.6. The average Bonchev–Trinajstić information content (AvgIpc) is 2.92. The first-order valence-electron chi connectivity index (χ1n) is 11.1.